The Kier molecular flexibility index (Phi) is 5.78. The molecule has 0 fully saturated rings. The van der Waals surface area contributed by atoms with E-state index in [1.54, 1.807) is 6.20 Å². The van der Waals surface area contributed by atoms with Gasteiger partial charge >= 0.3 is 5.97 Å². The number of aliphatic carboxylic acids is 1. The van der Waals surface area contributed by atoms with Crippen molar-refractivity contribution in [2.45, 2.75) is 45.2 Å². The minimum Gasteiger partial charge on any atom is -0.481 e. The van der Waals surface area contributed by atoms with E-state index < -0.39 is 11.5 Å². The van der Waals surface area contributed by atoms with Crippen LogP contribution in [0, 0.1) is 0 Å². The van der Waals surface area contributed by atoms with E-state index in [9.17, 15) is 9.59 Å². The second-order valence-electron chi connectivity index (χ2n) is 7.41. The molecule has 0 bridgehead atoms. The van der Waals surface area contributed by atoms with Crippen LogP contribution >= 0.6 is 0 Å². The Bertz CT molecular complexity index is 977. The number of fused-ring (bicyclic) bond motifs is 1. The van der Waals surface area contributed by atoms with E-state index in [1.807, 2.05) is 67.1 Å². The first-order valence-electron chi connectivity index (χ1n) is 9.42. The fourth-order valence-electron chi connectivity index (χ4n) is 3.31. The molecule has 2 heterocycles. The van der Waals surface area contributed by atoms with Crippen LogP contribution in [-0.4, -0.2) is 26.5 Å². The number of unbranched alkanes of at least 4 members (excludes halogenated alkanes) is 1. The lowest BCUT2D eigenvalue weighted by atomic mass is 9.94. The number of hydrogen-bond donors (Lipinski definition) is 2. The van der Waals surface area contributed by atoms with Crippen LogP contribution in [0.15, 0.2) is 54.9 Å². The predicted octanol–water partition coefficient (Wildman–Crippen LogP) is 3.96. The molecular weight excluding hydrogens is 354 g/mol. The average molecular weight is 379 g/mol. The number of nitrogens with one attached hydrogen (secondary N) is 1. The highest BCUT2D eigenvalue weighted by atomic mass is 16.4. The molecule has 3 rings (SSSR count). The Morgan fingerprint density at radius 3 is 2.57 bits per heavy atom. The van der Waals surface area contributed by atoms with E-state index in [2.05, 4.69) is 10.3 Å². The van der Waals surface area contributed by atoms with E-state index in [-0.39, 0.29) is 12.3 Å². The van der Waals surface area contributed by atoms with Gasteiger partial charge in [-0.25, -0.2) is 4.98 Å². The lowest BCUT2D eigenvalue weighted by Crippen LogP contribution is -2.40. The smallest absolute Gasteiger partial charge is 0.303 e. The molecule has 0 atom stereocenters. The minimum absolute atomic E-state index is 0.144. The van der Waals surface area contributed by atoms with Crippen LogP contribution in [0.3, 0.4) is 0 Å². The zero-order valence-corrected chi connectivity index (χ0v) is 16.2. The van der Waals surface area contributed by atoms with Gasteiger partial charge < -0.3 is 15.0 Å². The summed E-state index contributed by atoms with van der Waals surface area (Å²) in [6, 6.07) is 13.6. The van der Waals surface area contributed by atoms with Gasteiger partial charge in [-0.1, -0.05) is 30.3 Å². The number of carbonyl (C=O) groups excluding carboxylic acids is 1. The van der Waals surface area contributed by atoms with E-state index in [4.69, 9.17) is 5.11 Å². The summed E-state index contributed by atoms with van der Waals surface area (Å²) in [6.07, 6.45) is 4.96. The number of amides is 1. The van der Waals surface area contributed by atoms with Crippen molar-refractivity contribution in [1.82, 2.24) is 14.9 Å². The Morgan fingerprint density at radius 1 is 1.11 bits per heavy atom. The van der Waals surface area contributed by atoms with Crippen molar-refractivity contribution in [1.29, 1.82) is 0 Å². The molecule has 0 saturated heterocycles. The third kappa shape index (κ3) is 4.39. The van der Waals surface area contributed by atoms with Gasteiger partial charge in [0, 0.05) is 30.7 Å². The van der Waals surface area contributed by atoms with Crippen molar-refractivity contribution in [2.24, 2.45) is 0 Å². The maximum Gasteiger partial charge on any atom is 0.303 e. The van der Waals surface area contributed by atoms with Crippen LogP contribution in [0.5, 0.6) is 0 Å². The fourth-order valence-corrected chi connectivity index (χ4v) is 3.31. The topological polar surface area (TPSA) is 84.2 Å². The zero-order valence-electron chi connectivity index (χ0n) is 16.2. The van der Waals surface area contributed by atoms with Gasteiger partial charge in [0.15, 0.2) is 0 Å². The van der Waals surface area contributed by atoms with Gasteiger partial charge in [0.05, 0.1) is 11.1 Å². The molecule has 6 nitrogen and oxygen atoms in total. The SMILES string of the molecule is CC(C)(NC(=O)c1cn(CCCCC(=O)O)c2ncccc12)c1ccccc1. The summed E-state index contributed by atoms with van der Waals surface area (Å²) in [6.45, 7) is 4.57. The quantitative estimate of drug-likeness (QED) is 0.580. The maximum atomic E-state index is 13.1. The molecule has 2 N–H and O–H groups in total. The molecule has 0 unspecified atom stereocenters. The largest absolute Gasteiger partial charge is 0.481 e. The van der Waals surface area contributed by atoms with Gasteiger partial charge in [0.25, 0.3) is 5.91 Å². The summed E-state index contributed by atoms with van der Waals surface area (Å²) in [5.41, 5.74) is 1.82. The van der Waals surface area contributed by atoms with Crippen LogP contribution in [0.1, 0.15) is 49.0 Å². The Balaban J connectivity index is 1.82. The van der Waals surface area contributed by atoms with Crippen molar-refractivity contribution in [3.63, 3.8) is 0 Å². The van der Waals surface area contributed by atoms with E-state index in [0.29, 0.717) is 24.9 Å². The maximum absolute atomic E-state index is 13.1. The molecule has 0 radical (unpaired) electrons. The van der Waals surface area contributed by atoms with E-state index >= 15 is 0 Å². The van der Waals surface area contributed by atoms with Crippen LogP contribution in [0.2, 0.25) is 0 Å². The molecule has 3 aromatic rings. The summed E-state index contributed by atoms with van der Waals surface area (Å²) in [5.74, 6) is -0.949. The van der Waals surface area contributed by atoms with Crippen molar-refractivity contribution >= 4 is 22.9 Å². The molecule has 1 aromatic carbocycles. The van der Waals surface area contributed by atoms with Gasteiger partial charge in [0.2, 0.25) is 0 Å². The summed E-state index contributed by atoms with van der Waals surface area (Å²) in [7, 11) is 0. The van der Waals surface area contributed by atoms with E-state index in [1.165, 1.54) is 0 Å². The molecule has 0 aliphatic heterocycles. The molecule has 0 spiro atoms. The molecule has 2 aromatic heterocycles. The van der Waals surface area contributed by atoms with E-state index in [0.717, 1.165) is 16.6 Å². The third-order valence-electron chi connectivity index (χ3n) is 4.84. The molecule has 0 aliphatic rings. The van der Waals surface area contributed by atoms with Gasteiger partial charge in [0.1, 0.15) is 5.65 Å². The molecule has 1 amide bonds. The molecule has 28 heavy (non-hydrogen) atoms. The lowest BCUT2D eigenvalue weighted by Gasteiger charge is -2.26. The number of benzene rings is 1. The molecular formula is C22H25N3O3. The monoisotopic (exact) mass is 379 g/mol. The summed E-state index contributed by atoms with van der Waals surface area (Å²) in [5, 5.41) is 12.7. The minimum atomic E-state index is -0.793. The average Bonchev–Trinajstić information content (AvgIpc) is 3.04. The number of carboxylic acid groups (broad SMARTS) is 1. The number of rotatable bonds is 8. The highest BCUT2D eigenvalue weighted by molar-refractivity contribution is 6.06. The number of nitrogens with zero attached hydrogens (tertiary/aromatic N) is 2. The third-order valence-corrected chi connectivity index (χ3v) is 4.84. The lowest BCUT2D eigenvalue weighted by molar-refractivity contribution is -0.137. The van der Waals surface area contributed by atoms with Crippen molar-refractivity contribution in [3.8, 4) is 0 Å². The van der Waals surface area contributed by atoms with Gasteiger partial charge in [-0.2, -0.15) is 0 Å². The number of aromatic nitrogens is 2. The first-order valence-corrected chi connectivity index (χ1v) is 9.42. The van der Waals surface area contributed by atoms with Crippen LogP contribution in [0.25, 0.3) is 11.0 Å². The van der Waals surface area contributed by atoms with Gasteiger partial charge in [-0.05, 0) is 44.4 Å². The van der Waals surface area contributed by atoms with Crippen molar-refractivity contribution in [3.05, 3.63) is 66.0 Å². The highest BCUT2D eigenvalue weighted by Crippen LogP contribution is 2.24. The predicted molar refractivity (Wildman–Crippen MR) is 108 cm³/mol. The zero-order chi connectivity index (χ0) is 20.1. The van der Waals surface area contributed by atoms with Crippen LogP contribution < -0.4 is 5.32 Å². The standard InChI is InChI=1S/C22H25N3O3/c1-22(2,16-9-4-3-5-10-16)24-21(28)18-15-25(14-7-6-12-19(26)27)20-17(18)11-8-13-23-20/h3-5,8-11,13,15H,6-7,12,14H2,1-2H3,(H,24,28)(H,26,27). The second-order valence-corrected chi connectivity index (χ2v) is 7.41. The van der Waals surface area contributed by atoms with Crippen LogP contribution in [-0.2, 0) is 16.9 Å². The number of hydrogen-bond acceptors (Lipinski definition) is 3. The fraction of sp³-hybridized carbons (Fsp3) is 0.318. The number of pyridine rings is 1. The van der Waals surface area contributed by atoms with Crippen molar-refractivity contribution < 1.29 is 14.7 Å². The summed E-state index contributed by atoms with van der Waals surface area (Å²) >= 11 is 0. The summed E-state index contributed by atoms with van der Waals surface area (Å²) < 4.78 is 1.93. The van der Waals surface area contributed by atoms with Crippen molar-refractivity contribution in [2.75, 3.05) is 0 Å². The molecule has 146 valence electrons. The normalized spacial score (nSPS) is 11.5. The molecule has 6 heteroatoms. The first-order chi connectivity index (χ1) is 13.4. The van der Waals surface area contributed by atoms with Gasteiger partial charge in [-0.3, -0.25) is 9.59 Å². The molecule has 0 saturated carbocycles. The highest BCUT2D eigenvalue weighted by Gasteiger charge is 2.25. The van der Waals surface area contributed by atoms with Crippen LogP contribution in [0.4, 0.5) is 0 Å². The second kappa shape index (κ2) is 8.25. The van der Waals surface area contributed by atoms with Gasteiger partial charge in [-0.15, -0.1) is 0 Å². The summed E-state index contributed by atoms with van der Waals surface area (Å²) in [4.78, 5) is 28.2. The Labute approximate surface area is 164 Å². The Morgan fingerprint density at radius 2 is 1.86 bits per heavy atom. The molecule has 0 aliphatic carbocycles. The number of carbonyl (C=O) groups is 2. The number of aryl methyl sites for hydroxylation is 1. The number of carboxylic acids is 1. The first kappa shape index (κ1) is 19.6. The Hall–Kier alpha value is -3.15.